The summed E-state index contributed by atoms with van der Waals surface area (Å²) in [7, 11) is 0. The Kier molecular flexibility index (Phi) is 3.68. The molecule has 1 fully saturated rings. The number of hydrogen-bond donors (Lipinski definition) is 2. The second kappa shape index (κ2) is 5.78. The van der Waals surface area contributed by atoms with Crippen LogP contribution in [0.4, 0.5) is 0 Å². The molecule has 0 spiro atoms. The average molecular weight is 284 g/mol. The molecule has 0 bridgehead atoms. The van der Waals surface area contributed by atoms with Gasteiger partial charge in [0.05, 0.1) is 12.9 Å². The standard InChI is InChI=1S/C15H16N4O2/c20-14-9-19(8-11-4-2-1-3-5-11)15(21)13(18-14)6-12-7-16-10-17-12/h1-5,7,10,13H,6,8-9H2,(H,16,17)(H,18,20)/t13-/m0/s1. The fourth-order valence-corrected chi connectivity index (χ4v) is 2.47. The van der Waals surface area contributed by atoms with Gasteiger partial charge in [0.2, 0.25) is 11.8 Å². The van der Waals surface area contributed by atoms with E-state index in [1.165, 1.54) is 0 Å². The molecule has 1 aromatic carbocycles. The van der Waals surface area contributed by atoms with E-state index in [0.717, 1.165) is 11.3 Å². The van der Waals surface area contributed by atoms with Crippen LogP contribution in [0, 0.1) is 0 Å². The molecule has 1 saturated heterocycles. The molecule has 108 valence electrons. The minimum Gasteiger partial charge on any atom is -0.348 e. The Morgan fingerprint density at radius 1 is 1.24 bits per heavy atom. The van der Waals surface area contributed by atoms with Gasteiger partial charge in [-0.15, -0.1) is 0 Å². The van der Waals surface area contributed by atoms with Crippen molar-refractivity contribution in [3.05, 3.63) is 54.1 Å². The monoisotopic (exact) mass is 284 g/mol. The van der Waals surface area contributed by atoms with E-state index in [1.54, 1.807) is 17.4 Å². The van der Waals surface area contributed by atoms with Crippen molar-refractivity contribution in [3.8, 4) is 0 Å². The van der Waals surface area contributed by atoms with Crippen LogP contribution in [-0.4, -0.2) is 39.3 Å². The number of nitrogens with zero attached hydrogens (tertiary/aromatic N) is 2. The van der Waals surface area contributed by atoms with E-state index in [9.17, 15) is 9.59 Å². The Balaban J connectivity index is 1.72. The summed E-state index contributed by atoms with van der Waals surface area (Å²) < 4.78 is 0. The summed E-state index contributed by atoms with van der Waals surface area (Å²) in [6.07, 6.45) is 3.65. The second-order valence-corrected chi connectivity index (χ2v) is 5.08. The lowest BCUT2D eigenvalue weighted by Gasteiger charge is -2.32. The number of rotatable bonds is 4. The van der Waals surface area contributed by atoms with Crippen molar-refractivity contribution in [2.24, 2.45) is 0 Å². The van der Waals surface area contributed by atoms with Gasteiger partial charge in [0, 0.05) is 24.9 Å². The quantitative estimate of drug-likeness (QED) is 0.857. The predicted molar refractivity (Wildman–Crippen MR) is 76.1 cm³/mol. The number of carbonyl (C=O) groups excluding carboxylic acids is 2. The van der Waals surface area contributed by atoms with Crippen LogP contribution in [0.15, 0.2) is 42.9 Å². The minimum absolute atomic E-state index is 0.0620. The third kappa shape index (κ3) is 3.10. The van der Waals surface area contributed by atoms with Crippen LogP contribution in [0.5, 0.6) is 0 Å². The number of carbonyl (C=O) groups is 2. The van der Waals surface area contributed by atoms with Crippen molar-refractivity contribution >= 4 is 11.8 Å². The lowest BCUT2D eigenvalue weighted by molar-refractivity contribution is -0.144. The summed E-state index contributed by atoms with van der Waals surface area (Å²) in [6, 6.07) is 9.14. The molecule has 0 radical (unpaired) electrons. The maximum Gasteiger partial charge on any atom is 0.246 e. The number of aromatic amines is 1. The van der Waals surface area contributed by atoms with Crippen molar-refractivity contribution in [1.82, 2.24) is 20.2 Å². The molecular weight excluding hydrogens is 268 g/mol. The molecule has 2 aromatic rings. The van der Waals surface area contributed by atoms with Crippen molar-refractivity contribution in [2.75, 3.05) is 6.54 Å². The van der Waals surface area contributed by atoms with E-state index in [1.807, 2.05) is 30.3 Å². The minimum atomic E-state index is -0.532. The largest absolute Gasteiger partial charge is 0.348 e. The van der Waals surface area contributed by atoms with Gasteiger partial charge in [0.25, 0.3) is 0 Å². The summed E-state index contributed by atoms with van der Waals surface area (Å²) in [5, 5.41) is 2.74. The molecule has 0 unspecified atom stereocenters. The van der Waals surface area contributed by atoms with Crippen LogP contribution >= 0.6 is 0 Å². The maximum atomic E-state index is 12.5. The molecule has 0 aliphatic carbocycles. The number of H-pyrrole nitrogens is 1. The van der Waals surface area contributed by atoms with Gasteiger partial charge in [-0.25, -0.2) is 4.98 Å². The van der Waals surface area contributed by atoms with Crippen LogP contribution in [0.1, 0.15) is 11.3 Å². The van der Waals surface area contributed by atoms with Crippen LogP contribution in [0.2, 0.25) is 0 Å². The van der Waals surface area contributed by atoms with E-state index < -0.39 is 6.04 Å². The molecule has 2 heterocycles. The zero-order chi connectivity index (χ0) is 14.7. The van der Waals surface area contributed by atoms with Crippen molar-refractivity contribution in [2.45, 2.75) is 19.0 Å². The van der Waals surface area contributed by atoms with Gasteiger partial charge < -0.3 is 15.2 Å². The highest BCUT2D eigenvalue weighted by Gasteiger charge is 2.32. The van der Waals surface area contributed by atoms with Crippen LogP contribution < -0.4 is 5.32 Å². The Labute approximate surface area is 122 Å². The van der Waals surface area contributed by atoms with Crippen LogP contribution in [0.3, 0.4) is 0 Å². The predicted octanol–water partition coefficient (Wildman–Crippen LogP) is 0.479. The molecule has 3 rings (SSSR count). The molecule has 21 heavy (non-hydrogen) atoms. The lowest BCUT2D eigenvalue weighted by atomic mass is 10.1. The van der Waals surface area contributed by atoms with E-state index in [0.29, 0.717) is 13.0 Å². The van der Waals surface area contributed by atoms with Gasteiger partial charge in [0.15, 0.2) is 0 Å². The second-order valence-electron chi connectivity index (χ2n) is 5.08. The number of imidazole rings is 1. The first-order valence-corrected chi connectivity index (χ1v) is 6.82. The van der Waals surface area contributed by atoms with Crippen molar-refractivity contribution in [1.29, 1.82) is 0 Å². The first kappa shape index (κ1) is 13.4. The topological polar surface area (TPSA) is 78.1 Å². The Morgan fingerprint density at radius 3 is 2.76 bits per heavy atom. The summed E-state index contributed by atoms with van der Waals surface area (Å²) in [5.74, 6) is -0.192. The van der Waals surface area contributed by atoms with Crippen LogP contribution in [0.25, 0.3) is 0 Å². The molecule has 6 nitrogen and oxygen atoms in total. The highest BCUT2D eigenvalue weighted by atomic mass is 16.2. The Bertz CT molecular complexity index is 624. The Hall–Kier alpha value is -2.63. The van der Waals surface area contributed by atoms with Gasteiger partial charge >= 0.3 is 0 Å². The van der Waals surface area contributed by atoms with Crippen molar-refractivity contribution in [3.63, 3.8) is 0 Å². The maximum absolute atomic E-state index is 12.5. The van der Waals surface area contributed by atoms with Gasteiger partial charge in [-0.05, 0) is 5.56 Å². The van der Waals surface area contributed by atoms with Gasteiger partial charge in [-0.2, -0.15) is 0 Å². The number of aromatic nitrogens is 2. The van der Waals surface area contributed by atoms with Gasteiger partial charge in [-0.3, -0.25) is 9.59 Å². The molecule has 6 heteroatoms. The number of benzene rings is 1. The van der Waals surface area contributed by atoms with E-state index >= 15 is 0 Å². The lowest BCUT2D eigenvalue weighted by Crippen LogP contribution is -2.58. The molecule has 2 N–H and O–H groups in total. The highest BCUT2D eigenvalue weighted by molar-refractivity contribution is 5.94. The number of nitrogens with one attached hydrogen (secondary N) is 2. The first-order chi connectivity index (χ1) is 10.2. The summed E-state index contributed by atoms with van der Waals surface area (Å²) in [4.78, 5) is 32.8. The zero-order valence-electron chi connectivity index (χ0n) is 11.5. The van der Waals surface area contributed by atoms with E-state index in [4.69, 9.17) is 0 Å². The van der Waals surface area contributed by atoms with E-state index in [2.05, 4.69) is 15.3 Å². The third-order valence-corrected chi connectivity index (χ3v) is 3.47. The zero-order valence-corrected chi connectivity index (χ0v) is 11.5. The number of piperazine rings is 1. The normalized spacial score (nSPS) is 18.7. The molecule has 0 saturated carbocycles. The summed E-state index contributed by atoms with van der Waals surface area (Å²) in [5.41, 5.74) is 1.84. The molecule has 1 atom stereocenters. The molecule has 1 aliphatic heterocycles. The number of amides is 2. The molecular formula is C15H16N4O2. The SMILES string of the molecule is O=C1CN(Cc2ccccc2)C(=O)[C@H](Cc2cnc[nH]2)N1. The van der Waals surface area contributed by atoms with Gasteiger partial charge in [-0.1, -0.05) is 30.3 Å². The third-order valence-electron chi connectivity index (χ3n) is 3.47. The fourth-order valence-electron chi connectivity index (χ4n) is 2.47. The first-order valence-electron chi connectivity index (χ1n) is 6.82. The average Bonchev–Trinajstić information content (AvgIpc) is 2.98. The molecule has 1 aromatic heterocycles. The molecule has 2 amide bonds. The highest BCUT2D eigenvalue weighted by Crippen LogP contribution is 2.11. The molecule has 1 aliphatic rings. The Morgan fingerprint density at radius 2 is 2.05 bits per heavy atom. The fraction of sp³-hybridized carbons (Fsp3) is 0.267. The van der Waals surface area contributed by atoms with E-state index in [-0.39, 0.29) is 18.4 Å². The van der Waals surface area contributed by atoms with Gasteiger partial charge in [0.1, 0.15) is 6.04 Å². The van der Waals surface area contributed by atoms with Crippen molar-refractivity contribution < 1.29 is 9.59 Å². The number of hydrogen-bond acceptors (Lipinski definition) is 3. The smallest absolute Gasteiger partial charge is 0.246 e. The summed E-state index contributed by atoms with van der Waals surface area (Å²) in [6.45, 7) is 0.555. The summed E-state index contributed by atoms with van der Waals surface area (Å²) >= 11 is 0. The van der Waals surface area contributed by atoms with Crippen LogP contribution in [-0.2, 0) is 22.6 Å².